The highest BCUT2D eigenvalue weighted by Crippen LogP contribution is 2.37. The summed E-state index contributed by atoms with van der Waals surface area (Å²) >= 11 is 0. The normalized spacial score (nSPS) is 25.2. The lowest BCUT2D eigenvalue weighted by Gasteiger charge is -2.17. The van der Waals surface area contributed by atoms with Crippen LogP contribution in [-0.4, -0.2) is 29.9 Å². The molecule has 2 aliphatic rings. The molecule has 25 heavy (non-hydrogen) atoms. The first kappa shape index (κ1) is 16.1. The van der Waals surface area contributed by atoms with Gasteiger partial charge < -0.3 is 19.8 Å². The zero-order chi connectivity index (χ0) is 17.4. The van der Waals surface area contributed by atoms with Crippen LogP contribution in [0.15, 0.2) is 40.8 Å². The molecule has 1 saturated carbocycles. The number of ether oxygens (including phenoxy) is 1. The molecule has 6 heteroatoms. The molecular formula is C19H21FN2O3. The number of likely N-dealkylation sites (tertiary alicyclic amines) is 1. The summed E-state index contributed by atoms with van der Waals surface area (Å²) in [5, 5.41) is 0. The minimum Gasteiger partial charge on any atom is -0.486 e. The Kier molecular flexibility index (Phi) is 4.21. The molecule has 1 aliphatic heterocycles. The molecule has 2 aromatic rings. The van der Waals surface area contributed by atoms with E-state index < -0.39 is 0 Å². The van der Waals surface area contributed by atoms with Crippen molar-refractivity contribution in [3.63, 3.8) is 0 Å². The van der Waals surface area contributed by atoms with Crippen LogP contribution in [0.25, 0.3) is 0 Å². The average molecular weight is 344 g/mol. The van der Waals surface area contributed by atoms with Gasteiger partial charge in [0.2, 0.25) is 0 Å². The van der Waals surface area contributed by atoms with Crippen LogP contribution in [0.3, 0.4) is 0 Å². The lowest BCUT2D eigenvalue weighted by molar-refractivity contribution is 0.0743. The van der Waals surface area contributed by atoms with E-state index in [1.807, 2.05) is 4.90 Å². The number of nitrogens with two attached hydrogens (primary N) is 1. The lowest BCUT2D eigenvalue weighted by atomic mass is 9.98. The third kappa shape index (κ3) is 3.26. The number of hydrogen-bond acceptors (Lipinski definition) is 4. The lowest BCUT2D eigenvalue weighted by Crippen LogP contribution is -2.33. The van der Waals surface area contributed by atoms with Gasteiger partial charge in [0.1, 0.15) is 23.9 Å². The SMILES string of the molecule is NC1CCC2CN(C(=O)c3ccc(COc4ccc(F)cc4)o3)CC12. The Hall–Kier alpha value is -2.34. The summed E-state index contributed by atoms with van der Waals surface area (Å²) in [5.41, 5.74) is 6.13. The maximum Gasteiger partial charge on any atom is 0.289 e. The van der Waals surface area contributed by atoms with Crippen molar-refractivity contribution in [2.24, 2.45) is 17.6 Å². The summed E-state index contributed by atoms with van der Waals surface area (Å²) in [6, 6.07) is 9.40. The standard InChI is InChI=1S/C19H21FN2O3/c20-13-2-4-14(5-3-13)24-11-15-6-8-18(25-15)19(23)22-9-12-1-7-17(21)16(12)10-22/h2-6,8,12,16-17H,1,7,9-11,21H2. The van der Waals surface area contributed by atoms with Crippen LogP contribution in [0.2, 0.25) is 0 Å². The minimum atomic E-state index is -0.312. The van der Waals surface area contributed by atoms with E-state index in [9.17, 15) is 9.18 Å². The Morgan fingerprint density at radius 3 is 2.76 bits per heavy atom. The summed E-state index contributed by atoms with van der Waals surface area (Å²) in [6.07, 6.45) is 2.16. The van der Waals surface area contributed by atoms with Crippen molar-refractivity contribution in [2.75, 3.05) is 13.1 Å². The van der Waals surface area contributed by atoms with Crippen LogP contribution in [0.1, 0.15) is 29.2 Å². The van der Waals surface area contributed by atoms with Crippen LogP contribution >= 0.6 is 0 Å². The molecule has 0 spiro atoms. The van der Waals surface area contributed by atoms with Gasteiger partial charge in [-0.15, -0.1) is 0 Å². The fourth-order valence-corrected chi connectivity index (χ4v) is 3.88. The van der Waals surface area contributed by atoms with Gasteiger partial charge in [0.05, 0.1) is 0 Å². The fourth-order valence-electron chi connectivity index (χ4n) is 3.88. The van der Waals surface area contributed by atoms with Crippen LogP contribution < -0.4 is 10.5 Å². The predicted molar refractivity (Wildman–Crippen MR) is 89.5 cm³/mol. The van der Waals surface area contributed by atoms with Gasteiger partial charge in [-0.05, 0) is 61.1 Å². The first-order chi connectivity index (χ1) is 12.1. The Morgan fingerprint density at radius 2 is 2.00 bits per heavy atom. The van der Waals surface area contributed by atoms with Crippen LogP contribution in [-0.2, 0) is 6.61 Å². The molecule has 0 bridgehead atoms. The molecule has 2 N–H and O–H groups in total. The highest BCUT2D eigenvalue weighted by atomic mass is 19.1. The van der Waals surface area contributed by atoms with Gasteiger partial charge in [-0.2, -0.15) is 0 Å². The summed E-state index contributed by atoms with van der Waals surface area (Å²) < 4.78 is 24.0. The highest BCUT2D eigenvalue weighted by Gasteiger charge is 2.43. The molecule has 1 saturated heterocycles. The molecule has 1 aromatic carbocycles. The fraction of sp³-hybridized carbons (Fsp3) is 0.421. The van der Waals surface area contributed by atoms with E-state index in [1.165, 1.54) is 12.1 Å². The topological polar surface area (TPSA) is 68.7 Å². The van der Waals surface area contributed by atoms with E-state index in [-0.39, 0.29) is 24.4 Å². The van der Waals surface area contributed by atoms with E-state index in [0.29, 0.717) is 35.7 Å². The largest absolute Gasteiger partial charge is 0.486 e. The first-order valence-electron chi connectivity index (χ1n) is 8.62. The molecule has 4 rings (SSSR count). The van der Waals surface area contributed by atoms with E-state index in [1.54, 1.807) is 24.3 Å². The van der Waals surface area contributed by atoms with Crippen molar-refractivity contribution in [3.05, 3.63) is 53.7 Å². The van der Waals surface area contributed by atoms with Gasteiger partial charge in [0.25, 0.3) is 5.91 Å². The Labute approximate surface area is 145 Å². The number of halogens is 1. The molecule has 5 nitrogen and oxygen atoms in total. The summed E-state index contributed by atoms with van der Waals surface area (Å²) in [5.74, 6) is 1.97. The minimum absolute atomic E-state index is 0.0883. The van der Waals surface area contributed by atoms with E-state index in [2.05, 4.69) is 0 Å². The second-order valence-electron chi connectivity index (χ2n) is 6.88. The number of fused-ring (bicyclic) bond motifs is 1. The molecule has 0 radical (unpaired) electrons. The molecule has 1 aliphatic carbocycles. The smallest absolute Gasteiger partial charge is 0.289 e. The van der Waals surface area contributed by atoms with Crippen molar-refractivity contribution in [2.45, 2.75) is 25.5 Å². The maximum atomic E-state index is 12.9. The number of benzene rings is 1. The van der Waals surface area contributed by atoms with Gasteiger partial charge in [-0.25, -0.2) is 4.39 Å². The molecule has 3 unspecified atom stereocenters. The summed E-state index contributed by atoms with van der Waals surface area (Å²) in [7, 11) is 0. The molecule has 1 aromatic heterocycles. The second kappa shape index (κ2) is 6.52. The third-order valence-corrected chi connectivity index (χ3v) is 5.27. The molecule has 1 amide bonds. The average Bonchev–Trinajstić information content (AvgIpc) is 3.32. The third-order valence-electron chi connectivity index (χ3n) is 5.27. The van der Waals surface area contributed by atoms with Gasteiger partial charge in [-0.3, -0.25) is 4.79 Å². The first-order valence-corrected chi connectivity index (χ1v) is 8.62. The number of carbonyl (C=O) groups excluding carboxylic acids is 1. The number of nitrogens with zero attached hydrogens (tertiary/aromatic N) is 1. The molecule has 2 heterocycles. The number of amides is 1. The van der Waals surface area contributed by atoms with Crippen LogP contribution in [0, 0.1) is 17.7 Å². The monoisotopic (exact) mass is 344 g/mol. The van der Waals surface area contributed by atoms with Crippen molar-refractivity contribution >= 4 is 5.91 Å². The van der Waals surface area contributed by atoms with Gasteiger partial charge in [0.15, 0.2) is 5.76 Å². The Morgan fingerprint density at radius 1 is 1.20 bits per heavy atom. The van der Waals surface area contributed by atoms with Crippen LogP contribution in [0.4, 0.5) is 4.39 Å². The number of furan rings is 1. The van der Waals surface area contributed by atoms with E-state index in [0.717, 1.165) is 19.4 Å². The van der Waals surface area contributed by atoms with Crippen molar-refractivity contribution < 1.29 is 18.3 Å². The van der Waals surface area contributed by atoms with Crippen molar-refractivity contribution in [3.8, 4) is 5.75 Å². The van der Waals surface area contributed by atoms with Gasteiger partial charge in [0, 0.05) is 19.1 Å². The summed E-state index contributed by atoms with van der Waals surface area (Å²) in [6.45, 7) is 1.67. The molecule has 3 atom stereocenters. The van der Waals surface area contributed by atoms with Crippen molar-refractivity contribution in [1.29, 1.82) is 0 Å². The number of rotatable bonds is 4. The molecular weight excluding hydrogens is 323 g/mol. The Balaban J connectivity index is 1.36. The van der Waals surface area contributed by atoms with Crippen molar-refractivity contribution in [1.82, 2.24) is 4.90 Å². The predicted octanol–water partition coefficient (Wildman–Crippen LogP) is 2.81. The molecule has 132 valence electrons. The van der Waals surface area contributed by atoms with Gasteiger partial charge in [-0.1, -0.05) is 0 Å². The zero-order valence-corrected chi connectivity index (χ0v) is 13.9. The number of hydrogen-bond donors (Lipinski definition) is 1. The van der Waals surface area contributed by atoms with Gasteiger partial charge >= 0.3 is 0 Å². The second-order valence-corrected chi connectivity index (χ2v) is 6.88. The maximum absolute atomic E-state index is 12.9. The van der Waals surface area contributed by atoms with Crippen LogP contribution in [0.5, 0.6) is 5.75 Å². The van der Waals surface area contributed by atoms with E-state index in [4.69, 9.17) is 14.9 Å². The highest BCUT2D eigenvalue weighted by molar-refractivity contribution is 5.91. The quantitative estimate of drug-likeness (QED) is 0.926. The zero-order valence-electron chi connectivity index (χ0n) is 13.9. The molecule has 2 fully saturated rings. The number of carbonyl (C=O) groups is 1. The van der Waals surface area contributed by atoms with E-state index >= 15 is 0 Å². The summed E-state index contributed by atoms with van der Waals surface area (Å²) in [4.78, 5) is 14.5. The Bertz CT molecular complexity index is 758.